The average Bonchev–Trinajstić information content (AvgIpc) is 2.66. The molecule has 0 amide bonds. The van der Waals surface area contributed by atoms with E-state index in [0.717, 1.165) is 19.3 Å². The van der Waals surface area contributed by atoms with Gasteiger partial charge in [0.05, 0.1) is 5.41 Å². The Hall–Kier alpha value is -0.530. The average molecular weight is 226 g/mol. The molecular formula is C14H26O2. The molecule has 0 spiro atoms. The summed E-state index contributed by atoms with van der Waals surface area (Å²) in [6, 6.07) is 0. The maximum absolute atomic E-state index is 12.2. The Labute approximate surface area is 99.8 Å². The Balaban J connectivity index is 2.69. The van der Waals surface area contributed by atoms with Crippen LogP contribution in [0.2, 0.25) is 0 Å². The summed E-state index contributed by atoms with van der Waals surface area (Å²) in [6.45, 7) is 10.3. The second-order valence-electron chi connectivity index (χ2n) is 6.01. The van der Waals surface area contributed by atoms with E-state index in [0.29, 0.717) is 5.92 Å². The highest BCUT2D eigenvalue weighted by atomic mass is 16.6. The van der Waals surface area contributed by atoms with Crippen LogP contribution in [0.1, 0.15) is 66.7 Å². The number of carbonyl (C=O) groups is 1. The molecule has 0 aromatic heterocycles. The van der Waals surface area contributed by atoms with Gasteiger partial charge in [-0.15, -0.1) is 0 Å². The van der Waals surface area contributed by atoms with Gasteiger partial charge in [0.25, 0.3) is 0 Å². The van der Waals surface area contributed by atoms with Crippen molar-refractivity contribution in [1.82, 2.24) is 0 Å². The summed E-state index contributed by atoms with van der Waals surface area (Å²) in [7, 11) is 0. The Morgan fingerprint density at radius 3 is 2.19 bits per heavy atom. The lowest BCUT2D eigenvalue weighted by molar-refractivity contribution is -0.173. The van der Waals surface area contributed by atoms with E-state index in [2.05, 4.69) is 20.8 Å². The van der Waals surface area contributed by atoms with Gasteiger partial charge in [-0.1, -0.05) is 20.8 Å². The van der Waals surface area contributed by atoms with Crippen molar-refractivity contribution in [3.05, 3.63) is 0 Å². The molecule has 0 N–H and O–H groups in total. The summed E-state index contributed by atoms with van der Waals surface area (Å²) in [6.07, 6.45) is 5.44. The first kappa shape index (κ1) is 13.5. The van der Waals surface area contributed by atoms with Gasteiger partial charge < -0.3 is 4.74 Å². The predicted molar refractivity (Wildman–Crippen MR) is 66.2 cm³/mol. The van der Waals surface area contributed by atoms with Crippen molar-refractivity contribution in [3.63, 3.8) is 0 Å². The van der Waals surface area contributed by atoms with E-state index in [1.807, 2.05) is 13.8 Å². The second-order valence-corrected chi connectivity index (χ2v) is 6.01. The fraction of sp³-hybridized carbons (Fsp3) is 0.929. The van der Waals surface area contributed by atoms with Crippen LogP contribution in [0.4, 0.5) is 0 Å². The van der Waals surface area contributed by atoms with Gasteiger partial charge in [-0.3, -0.25) is 4.79 Å². The lowest BCUT2D eigenvalue weighted by Gasteiger charge is -2.34. The molecule has 2 nitrogen and oxygen atoms in total. The molecule has 1 fully saturated rings. The molecule has 1 saturated carbocycles. The lowest BCUT2D eigenvalue weighted by atomic mass is 9.81. The topological polar surface area (TPSA) is 26.3 Å². The van der Waals surface area contributed by atoms with Crippen LogP contribution in [-0.2, 0) is 9.53 Å². The van der Waals surface area contributed by atoms with Gasteiger partial charge in [0.15, 0.2) is 0 Å². The number of hydrogen-bond acceptors (Lipinski definition) is 2. The summed E-state index contributed by atoms with van der Waals surface area (Å²) in [5.41, 5.74) is -0.520. The third kappa shape index (κ3) is 2.58. The fourth-order valence-electron chi connectivity index (χ4n) is 2.11. The van der Waals surface area contributed by atoms with Crippen molar-refractivity contribution in [2.45, 2.75) is 72.3 Å². The fourth-order valence-corrected chi connectivity index (χ4v) is 2.11. The molecule has 1 aliphatic rings. The van der Waals surface area contributed by atoms with E-state index in [9.17, 15) is 4.79 Å². The van der Waals surface area contributed by atoms with Crippen LogP contribution in [0, 0.1) is 11.3 Å². The Morgan fingerprint density at radius 2 is 1.81 bits per heavy atom. The van der Waals surface area contributed by atoms with Gasteiger partial charge in [0.2, 0.25) is 0 Å². The summed E-state index contributed by atoms with van der Waals surface area (Å²) in [5, 5.41) is 0. The number of hydrogen-bond donors (Lipinski definition) is 0. The Morgan fingerprint density at radius 1 is 1.31 bits per heavy atom. The molecule has 0 radical (unpaired) electrons. The summed E-state index contributed by atoms with van der Waals surface area (Å²) < 4.78 is 5.84. The summed E-state index contributed by atoms with van der Waals surface area (Å²) in [4.78, 5) is 12.2. The summed E-state index contributed by atoms with van der Waals surface area (Å²) in [5.74, 6) is 0.293. The van der Waals surface area contributed by atoms with E-state index in [4.69, 9.17) is 4.74 Å². The van der Waals surface area contributed by atoms with E-state index >= 15 is 0 Å². The zero-order valence-electron chi connectivity index (χ0n) is 11.4. The molecule has 0 aromatic carbocycles. The van der Waals surface area contributed by atoms with Crippen LogP contribution in [0.5, 0.6) is 0 Å². The minimum absolute atomic E-state index is 0.0220. The molecule has 16 heavy (non-hydrogen) atoms. The van der Waals surface area contributed by atoms with Crippen molar-refractivity contribution >= 4 is 5.97 Å². The van der Waals surface area contributed by atoms with Crippen LogP contribution >= 0.6 is 0 Å². The standard InChI is InChI=1S/C14H26O2/c1-6-14(9-7-8-10-14)16-12(15)13(4,5)11(2)3/h11H,6-10H2,1-5H3. The Kier molecular flexibility index (Phi) is 4.03. The first-order chi connectivity index (χ1) is 7.34. The number of carbonyl (C=O) groups excluding carboxylic acids is 1. The maximum Gasteiger partial charge on any atom is 0.312 e. The third-order valence-electron chi connectivity index (χ3n) is 4.44. The van der Waals surface area contributed by atoms with Crippen molar-refractivity contribution in [3.8, 4) is 0 Å². The molecule has 1 aliphatic carbocycles. The Bertz CT molecular complexity index is 247. The zero-order valence-corrected chi connectivity index (χ0v) is 11.4. The molecule has 0 unspecified atom stereocenters. The van der Waals surface area contributed by atoms with E-state index in [-0.39, 0.29) is 17.0 Å². The SMILES string of the molecule is CCC1(OC(=O)C(C)(C)C(C)C)CCCC1. The maximum atomic E-state index is 12.2. The number of esters is 1. The van der Waals surface area contributed by atoms with Crippen LogP contribution in [0.3, 0.4) is 0 Å². The predicted octanol–water partition coefficient (Wildman–Crippen LogP) is 3.93. The highest BCUT2D eigenvalue weighted by molar-refractivity contribution is 5.76. The smallest absolute Gasteiger partial charge is 0.312 e. The first-order valence-corrected chi connectivity index (χ1v) is 6.57. The molecule has 0 heterocycles. The van der Waals surface area contributed by atoms with Crippen molar-refractivity contribution in [1.29, 1.82) is 0 Å². The van der Waals surface area contributed by atoms with Crippen LogP contribution in [0.15, 0.2) is 0 Å². The van der Waals surface area contributed by atoms with Gasteiger partial charge in [0, 0.05) is 0 Å². The van der Waals surface area contributed by atoms with Crippen LogP contribution in [0.25, 0.3) is 0 Å². The lowest BCUT2D eigenvalue weighted by Crippen LogP contribution is -2.39. The molecule has 2 heteroatoms. The number of rotatable bonds is 4. The van der Waals surface area contributed by atoms with Crippen LogP contribution in [-0.4, -0.2) is 11.6 Å². The van der Waals surface area contributed by atoms with Gasteiger partial charge >= 0.3 is 5.97 Å². The minimum Gasteiger partial charge on any atom is -0.459 e. The second kappa shape index (κ2) is 4.77. The number of ether oxygens (including phenoxy) is 1. The van der Waals surface area contributed by atoms with Gasteiger partial charge in [0.1, 0.15) is 5.60 Å². The van der Waals surface area contributed by atoms with Crippen LogP contribution < -0.4 is 0 Å². The monoisotopic (exact) mass is 226 g/mol. The highest BCUT2D eigenvalue weighted by Gasteiger charge is 2.41. The zero-order chi connectivity index (χ0) is 12.4. The van der Waals surface area contributed by atoms with Gasteiger partial charge in [-0.25, -0.2) is 0 Å². The van der Waals surface area contributed by atoms with Crippen molar-refractivity contribution < 1.29 is 9.53 Å². The van der Waals surface area contributed by atoms with Gasteiger partial charge in [-0.05, 0) is 51.9 Å². The van der Waals surface area contributed by atoms with Crippen molar-refractivity contribution in [2.24, 2.45) is 11.3 Å². The molecule has 0 bridgehead atoms. The normalized spacial score (nSPS) is 20.1. The van der Waals surface area contributed by atoms with E-state index in [1.54, 1.807) is 0 Å². The molecule has 0 saturated heterocycles. The molecular weight excluding hydrogens is 200 g/mol. The third-order valence-corrected chi connectivity index (χ3v) is 4.44. The molecule has 0 aromatic rings. The summed E-state index contributed by atoms with van der Waals surface area (Å²) >= 11 is 0. The molecule has 0 atom stereocenters. The van der Waals surface area contributed by atoms with Crippen molar-refractivity contribution in [2.75, 3.05) is 0 Å². The molecule has 0 aliphatic heterocycles. The molecule has 1 rings (SSSR count). The minimum atomic E-state index is -0.370. The quantitative estimate of drug-likeness (QED) is 0.679. The largest absolute Gasteiger partial charge is 0.459 e. The molecule has 94 valence electrons. The van der Waals surface area contributed by atoms with E-state index < -0.39 is 0 Å². The highest BCUT2D eigenvalue weighted by Crippen LogP contribution is 2.39. The first-order valence-electron chi connectivity index (χ1n) is 6.57. The van der Waals surface area contributed by atoms with Gasteiger partial charge in [-0.2, -0.15) is 0 Å². The van der Waals surface area contributed by atoms with E-state index in [1.165, 1.54) is 12.8 Å².